The van der Waals surface area contributed by atoms with Crippen LogP contribution >= 0.6 is 0 Å². The number of anilines is 2. The van der Waals surface area contributed by atoms with Gasteiger partial charge in [0.1, 0.15) is 11.7 Å². The van der Waals surface area contributed by atoms with Crippen LogP contribution in [-0.2, 0) is 4.79 Å². The molecular weight excluding hydrogens is 422 g/mol. The number of amides is 2. The SMILES string of the molecule is CNC(=O)C(NC(=O)c1ccc(Nc2ccccc2)c([N+](=O)[O-])c1)c1ccc(F)c(F)c1. The van der Waals surface area contributed by atoms with Crippen molar-refractivity contribution < 1.29 is 23.3 Å². The van der Waals surface area contributed by atoms with E-state index in [-0.39, 0.29) is 22.5 Å². The standard InChI is InChI=1S/C22H18F2N4O4/c1-25-22(30)20(13-7-9-16(23)17(24)11-13)27-21(29)14-8-10-18(19(12-14)28(31)32)26-15-5-3-2-4-6-15/h2-12,20,26H,1H3,(H,25,30)(H,27,29). The summed E-state index contributed by atoms with van der Waals surface area (Å²) in [5, 5.41) is 19.2. The van der Waals surface area contributed by atoms with Crippen molar-refractivity contribution in [3.63, 3.8) is 0 Å². The van der Waals surface area contributed by atoms with Crippen LogP contribution in [-0.4, -0.2) is 23.8 Å². The van der Waals surface area contributed by atoms with Gasteiger partial charge in [-0.2, -0.15) is 0 Å². The number of carbonyl (C=O) groups excluding carboxylic acids is 2. The minimum atomic E-state index is -1.34. The van der Waals surface area contributed by atoms with E-state index in [2.05, 4.69) is 16.0 Å². The summed E-state index contributed by atoms with van der Waals surface area (Å²) in [6, 6.07) is 14.0. The fourth-order valence-electron chi connectivity index (χ4n) is 2.96. The van der Waals surface area contributed by atoms with Crippen molar-refractivity contribution in [2.24, 2.45) is 0 Å². The molecule has 0 aromatic heterocycles. The van der Waals surface area contributed by atoms with E-state index in [1.807, 2.05) is 0 Å². The van der Waals surface area contributed by atoms with Crippen LogP contribution in [0.3, 0.4) is 0 Å². The van der Waals surface area contributed by atoms with E-state index in [1.165, 1.54) is 19.2 Å². The summed E-state index contributed by atoms with van der Waals surface area (Å²) < 4.78 is 26.9. The second kappa shape index (κ2) is 9.65. The van der Waals surface area contributed by atoms with Crippen LogP contribution in [0.15, 0.2) is 66.7 Å². The van der Waals surface area contributed by atoms with Crippen LogP contribution in [0.1, 0.15) is 22.0 Å². The minimum absolute atomic E-state index is 0.00784. The number of nitrogens with one attached hydrogen (secondary N) is 3. The molecule has 0 bridgehead atoms. The van der Waals surface area contributed by atoms with Crippen LogP contribution in [0.5, 0.6) is 0 Å². The number of benzene rings is 3. The van der Waals surface area contributed by atoms with Gasteiger partial charge in [0.05, 0.1) is 4.92 Å². The molecule has 0 saturated carbocycles. The highest BCUT2D eigenvalue weighted by Crippen LogP contribution is 2.29. The van der Waals surface area contributed by atoms with Crippen molar-refractivity contribution in [1.29, 1.82) is 0 Å². The van der Waals surface area contributed by atoms with E-state index < -0.39 is 34.4 Å². The van der Waals surface area contributed by atoms with Gasteiger partial charge in [-0.25, -0.2) is 8.78 Å². The fourth-order valence-corrected chi connectivity index (χ4v) is 2.96. The smallest absolute Gasteiger partial charge is 0.293 e. The van der Waals surface area contributed by atoms with Gasteiger partial charge in [0.25, 0.3) is 11.6 Å². The summed E-state index contributed by atoms with van der Waals surface area (Å²) in [6.07, 6.45) is 0. The molecule has 0 aliphatic carbocycles. The van der Waals surface area contributed by atoms with Gasteiger partial charge < -0.3 is 16.0 Å². The molecule has 0 saturated heterocycles. The molecule has 1 unspecified atom stereocenters. The minimum Gasteiger partial charge on any atom is -0.357 e. The molecule has 0 fully saturated rings. The van der Waals surface area contributed by atoms with Crippen molar-refractivity contribution in [3.05, 3.63) is 99.6 Å². The maximum atomic E-state index is 13.6. The number of para-hydroxylation sites is 1. The summed E-state index contributed by atoms with van der Waals surface area (Å²) in [7, 11) is 1.32. The van der Waals surface area contributed by atoms with Crippen molar-refractivity contribution >= 4 is 28.9 Å². The van der Waals surface area contributed by atoms with Crippen molar-refractivity contribution in [3.8, 4) is 0 Å². The normalized spacial score (nSPS) is 11.3. The van der Waals surface area contributed by atoms with Gasteiger partial charge in [-0.15, -0.1) is 0 Å². The van der Waals surface area contributed by atoms with Crippen LogP contribution in [0.25, 0.3) is 0 Å². The number of halogens is 2. The molecule has 32 heavy (non-hydrogen) atoms. The summed E-state index contributed by atoms with van der Waals surface area (Å²) in [6.45, 7) is 0. The Balaban J connectivity index is 1.89. The number of hydrogen-bond donors (Lipinski definition) is 3. The molecule has 3 aromatic carbocycles. The Labute approximate surface area is 181 Å². The predicted octanol–water partition coefficient (Wildman–Crippen LogP) is 3.83. The lowest BCUT2D eigenvalue weighted by Gasteiger charge is -2.18. The molecule has 10 heteroatoms. The van der Waals surface area contributed by atoms with E-state index in [4.69, 9.17) is 0 Å². The summed E-state index contributed by atoms with van der Waals surface area (Å²) >= 11 is 0. The first-order valence-corrected chi connectivity index (χ1v) is 9.38. The Bertz CT molecular complexity index is 1170. The Morgan fingerprint density at radius 1 is 0.969 bits per heavy atom. The average molecular weight is 440 g/mol. The summed E-state index contributed by atoms with van der Waals surface area (Å²) in [4.78, 5) is 35.9. The van der Waals surface area contributed by atoms with E-state index in [1.54, 1.807) is 30.3 Å². The number of nitrogens with zero attached hydrogens (tertiary/aromatic N) is 1. The molecule has 164 valence electrons. The van der Waals surface area contributed by atoms with Crippen molar-refractivity contribution in [2.75, 3.05) is 12.4 Å². The number of likely N-dealkylation sites (N-methyl/N-ethyl adjacent to an activating group) is 1. The number of rotatable bonds is 7. The average Bonchev–Trinajstić information content (AvgIpc) is 2.79. The van der Waals surface area contributed by atoms with Crippen LogP contribution in [0.4, 0.5) is 25.8 Å². The third-order valence-corrected chi connectivity index (χ3v) is 4.57. The van der Waals surface area contributed by atoms with E-state index in [0.29, 0.717) is 5.69 Å². The highest BCUT2D eigenvalue weighted by atomic mass is 19.2. The lowest BCUT2D eigenvalue weighted by atomic mass is 10.0. The quantitative estimate of drug-likeness (QED) is 0.382. The number of nitro groups is 1. The second-order valence-electron chi connectivity index (χ2n) is 6.67. The molecule has 3 rings (SSSR count). The zero-order valence-electron chi connectivity index (χ0n) is 16.8. The summed E-state index contributed by atoms with van der Waals surface area (Å²) in [5.41, 5.74) is 0.345. The van der Waals surface area contributed by atoms with Crippen LogP contribution in [0.2, 0.25) is 0 Å². The maximum absolute atomic E-state index is 13.6. The van der Waals surface area contributed by atoms with Crippen LogP contribution in [0, 0.1) is 21.7 Å². The van der Waals surface area contributed by atoms with Crippen molar-refractivity contribution in [2.45, 2.75) is 6.04 Å². The largest absolute Gasteiger partial charge is 0.357 e. The van der Waals surface area contributed by atoms with Gasteiger partial charge in [-0.05, 0) is 42.0 Å². The Morgan fingerprint density at radius 2 is 1.69 bits per heavy atom. The lowest BCUT2D eigenvalue weighted by Crippen LogP contribution is -2.39. The molecule has 3 N–H and O–H groups in total. The second-order valence-corrected chi connectivity index (χ2v) is 6.67. The zero-order chi connectivity index (χ0) is 23.3. The topological polar surface area (TPSA) is 113 Å². The monoisotopic (exact) mass is 440 g/mol. The number of carbonyl (C=O) groups is 2. The first-order chi connectivity index (χ1) is 15.3. The first kappa shape index (κ1) is 22.3. The van der Waals surface area contributed by atoms with E-state index in [9.17, 15) is 28.5 Å². The Kier molecular flexibility index (Phi) is 6.74. The lowest BCUT2D eigenvalue weighted by molar-refractivity contribution is -0.383. The fraction of sp³-hybridized carbons (Fsp3) is 0.0909. The van der Waals surface area contributed by atoms with E-state index >= 15 is 0 Å². The molecule has 0 aliphatic rings. The molecule has 0 radical (unpaired) electrons. The van der Waals surface area contributed by atoms with Gasteiger partial charge in [-0.1, -0.05) is 24.3 Å². The Morgan fingerprint density at radius 3 is 2.31 bits per heavy atom. The molecular formula is C22H18F2N4O4. The third kappa shape index (κ3) is 5.04. The van der Waals surface area contributed by atoms with Gasteiger partial charge in [-0.3, -0.25) is 19.7 Å². The number of hydrogen-bond acceptors (Lipinski definition) is 5. The molecule has 0 aliphatic heterocycles. The van der Waals surface area contributed by atoms with E-state index in [0.717, 1.165) is 24.3 Å². The molecule has 1 atom stereocenters. The predicted molar refractivity (Wildman–Crippen MR) is 113 cm³/mol. The zero-order valence-corrected chi connectivity index (χ0v) is 16.8. The molecule has 3 aromatic rings. The highest BCUT2D eigenvalue weighted by molar-refractivity contribution is 5.99. The van der Waals surface area contributed by atoms with Gasteiger partial charge in [0, 0.05) is 24.4 Å². The summed E-state index contributed by atoms with van der Waals surface area (Å²) in [5.74, 6) is -3.77. The van der Waals surface area contributed by atoms with Gasteiger partial charge in [0.15, 0.2) is 11.6 Å². The Hall–Kier alpha value is -4.34. The van der Waals surface area contributed by atoms with Crippen LogP contribution < -0.4 is 16.0 Å². The molecule has 8 nitrogen and oxygen atoms in total. The molecule has 0 heterocycles. The van der Waals surface area contributed by atoms with Crippen molar-refractivity contribution in [1.82, 2.24) is 10.6 Å². The van der Waals surface area contributed by atoms with Gasteiger partial charge >= 0.3 is 0 Å². The number of nitro benzene ring substituents is 1. The third-order valence-electron chi connectivity index (χ3n) is 4.57. The highest BCUT2D eigenvalue weighted by Gasteiger charge is 2.25. The maximum Gasteiger partial charge on any atom is 0.293 e. The first-order valence-electron chi connectivity index (χ1n) is 9.38. The van der Waals surface area contributed by atoms with Gasteiger partial charge in [0.2, 0.25) is 5.91 Å². The molecule has 0 spiro atoms. The molecule has 2 amide bonds.